The molecule has 1 spiro atoms. The van der Waals surface area contributed by atoms with Crippen LogP contribution in [0.15, 0.2) is 0 Å². The number of likely N-dealkylation sites (tertiary alicyclic amines) is 1. The predicted molar refractivity (Wildman–Crippen MR) is 69.6 cm³/mol. The first kappa shape index (κ1) is 13.8. The summed E-state index contributed by atoms with van der Waals surface area (Å²) in [7, 11) is 2.14. The van der Waals surface area contributed by atoms with Gasteiger partial charge in [-0.3, -0.25) is 4.79 Å². The van der Waals surface area contributed by atoms with Crippen LogP contribution in [0.3, 0.4) is 0 Å². The summed E-state index contributed by atoms with van der Waals surface area (Å²) in [5.74, 6) is -0.643. The van der Waals surface area contributed by atoms with Crippen LogP contribution in [0.2, 0.25) is 0 Å². The maximum Gasteiger partial charge on any atom is 0.306 e. The van der Waals surface area contributed by atoms with Gasteiger partial charge in [0.15, 0.2) is 0 Å². The van der Waals surface area contributed by atoms with E-state index >= 15 is 0 Å². The first-order valence-corrected chi connectivity index (χ1v) is 7.11. The molecule has 0 aromatic rings. The third kappa shape index (κ3) is 2.86. The minimum atomic E-state index is -0.643. The van der Waals surface area contributed by atoms with Gasteiger partial charge in [0.1, 0.15) is 0 Å². The van der Waals surface area contributed by atoms with Crippen LogP contribution in [0.1, 0.15) is 39.0 Å². The van der Waals surface area contributed by atoms with Gasteiger partial charge in [0.25, 0.3) is 0 Å². The summed E-state index contributed by atoms with van der Waals surface area (Å²) in [6.45, 7) is 4.83. The normalized spacial score (nSPS) is 29.6. The summed E-state index contributed by atoms with van der Waals surface area (Å²) in [5, 5.41) is 9.33. The molecular formula is C14H25NO3. The molecule has 2 aliphatic heterocycles. The SMILES string of the molecule is CCCC(C(=O)O)C1COC2(CCN(C)CC2)C1. The first-order chi connectivity index (χ1) is 8.56. The Morgan fingerprint density at radius 1 is 1.50 bits per heavy atom. The lowest BCUT2D eigenvalue weighted by atomic mass is 9.79. The molecule has 0 aromatic carbocycles. The first-order valence-electron chi connectivity index (χ1n) is 7.11. The van der Waals surface area contributed by atoms with Crippen molar-refractivity contribution >= 4 is 5.97 Å². The summed E-state index contributed by atoms with van der Waals surface area (Å²) in [5.41, 5.74) is -0.0153. The average Bonchev–Trinajstić information content (AvgIpc) is 2.74. The second-order valence-corrected chi connectivity index (χ2v) is 5.99. The lowest BCUT2D eigenvalue weighted by Crippen LogP contribution is -2.42. The Balaban J connectivity index is 1.96. The molecule has 4 nitrogen and oxygen atoms in total. The van der Waals surface area contributed by atoms with E-state index in [9.17, 15) is 9.90 Å². The second-order valence-electron chi connectivity index (χ2n) is 5.99. The van der Waals surface area contributed by atoms with Crippen LogP contribution in [0.4, 0.5) is 0 Å². The molecule has 2 unspecified atom stereocenters. The Morgan fingerprint density at radius 2 is 2.17 bits per heavy atom. The van der Waals surface area contributed by atoms with E-state index in [-0.39, 0.29) is 17.4 Å². The molecule has 2 rings (SSSR count). The van der Waals surface area contributed by atoms with Crippen LogP contribution in [-0.2, 0) is 9.53 Å². The fourth-order valence-electron chi connectivity index (χ4n) is 3.38. The van der Waals surface area contributed by atoms with Gasteiger partial charge in [0, 0.05) is 13.1 Å². The highest BCUT2D eigenvalue weighted by Gasteiger charge is 2.45. The molecule has 0 radical (unpaired) electrons. The minimum absolute atomic E-state index is 0.0153. The molecule has 18 heavy (non-hydrogen) atoms. The quantitative estimate of drug-likeness (QED) is 0.834. The summed E-state index contributed by atoms with van der Waals surface area (Å²) in [4.78, 5) is 13.7. The molecule has 2 saturated heterocycles. The number of hydrogen-bond donors (Lipinski definition) is 1. The molecule has 1 N–H and O–H groups in total. The van der Waals surface area contributed by atoms with Gasteiger partial charge in [0.05, 0.1) is 18.1 Å². The fourth-order valence-corrected chi connectivity index (χ4v) is 3.38. The summed E-state index contributed by atoms with van der Waals surface area (Å²) < 4.78 is 6.03. The van der Waals surface area contributed by atoms with Crippen LogP contribution in [0.5, 0.6) is 0 Å². The topological polar surface area (TPSA) is 49.8 Å². The van der Waals surface area contributed by atoms with Gasteiger partial charge in [-0.2, -0.15) is 0 Å². The molecule has 4 heteroatoms. The van der Waals surface area contributed by atoms with E-state index < -0.39 is 5.97 Å². The van der Waals surface area contributed by atoms with Crippen LogP contribution in [0, 0.1) is 11.8 Å². The molecule has 0 saturated carbocycles. The van der Waals surface area contributed by atoms with Crippen LogP contribution >= 0.6 is 0 Å². The zero-order valence-corrected chi connectivity index (χ0v) is 11.5. The highest BCUT2D eigenvalue weighted by Crippen LogP contribution is 2.42. The van der Waals surface area contributed by atoms with E-state index in [1.807, 2.05) is 0 Å². The van der Waals surface area contributed by atoms with E-state index in [1.165, 1.54) is 0 Å². The Kier molecular flexibility index (Phi) is 4.28. The van der Waals surface area contributed by atoms with Crippen LogP contribution in [-0.4, -0.2) is 48.3 Å². The second kappa shape index (κ2) is 5.57. The number of carboxylic acids is 1. The van der Waals surface area contributed by atoms with Gasteiger partial charge in [0.2, 0.25) is 0 Å². The lowest BCUT2D eigenvalue weighted by Gasteiger charge is -2.37. The van der Waals surface area contributed by atoms with Crippen molar-refractivity contribution in [2.45, 2.75) is 44.6 Å². The Bertz CT molecular complexity index is 297. The van der Waals surface area contributed by atoms with E-state index in [0.29, 0.717) is 6.61 Å². The van der Waals surface area contributed by atoms with E-state index in [2.05, 4.69) is 18.9 Å². The van der Waals surface area contributed by atoms with Gasteiger partial charge >= 0.3 is 5.97 Å². The molecule has 0 bridgehead atoms. The number of hydrogen-bond acceptors (Lipinski definition) is 3. The highest BCUT2D eigenvalue weighted by molar-refractivity contribution is 5.70. The molecule has 2 fully saturated rings. The van der Waals surface area contributed by atoms with E-state index in [4.69, 9.17) is 4.74 Å². The average molecular weight is 255 g/mol. The largest absolute Gasteiger partial charge is 0.481 e. The van der Waals surface area contributed by atoms with Gasteiger partial charge < -0.3 is 14.7 Å². The van der Waals surface area contributed by atoms with Crippen LogP contribution in [0.25, 0.3) is 0 Å². The van der Waals surface area contributed by atoms with Gasteiger partial charge in [-0.25, -0.2) is 0 Å². The van der Waals surface area contributed by atoms with Crippen molar-refractivity contribution in [3.63, 3.8) is 0 Å². The molecule has 104 valence electrons. The third-order valence-corrected chi connectivity index (χ3v) is 4.62. The fraction of sp³-hybridized carbons (Fsp3) is 0.929. The lowest BCUT2D eigenvalue weighted by molar-refractivity contribution is -0.144. The highest BCUT2D eigenvalue weighted by atomic mass is 16.5. The van der Waals surface area contributed by atoms with Crippen molar-refractivity contribution in [1.82, 2.24) is 4.90 Å². The maximum absolute atomic E-state index is 11.3. The summed E-state index contributed by atoms with van der Waals surface area (Å²) in [6.07, 6.45) is 4.76. The van der Waals surface area contributed by atoms with Crippen molar-refractivity contribution in [3.05, 3.63) is 0 Å². The molecule has 0 amide bonds. The molecular weight excluding hydrogens is 230 g/mol. The Hall–Kier alpha value is -0.610. The molecule has 0 aromatic heterocycles. The van der Waals surface area contributed by atoms with Crippen molar-refractivity contribution in [2.24, 2.45) is 11.8 Å². The van der Waals surface area contributed by atoms with Gasteiger partial charge in [-0.15, -0.1) is 0 Å². The van der Waals surface area contributed by atoms with Crippen LogP contribution < -0.4 is 0 Å². The number of nitrogens with zero attached hydrogens (tertiary/aromatic N) is 1. The van der Waals surface area contributed by atoms with Crippen molar-refractivity contribution in [2.75, 3.05) is 26.7 Å². The van der Waals surface area contributed by atoms with E-state index in [0.717, 1.165) is 45.2 Å². The molecule has 0 aliphatic carbocycles. The number of rotatable bonds is 4. The summed E-state index contributed by atoms with van der Waals surface area (Å²) in [6, 6.07) is 0. The molecule has 2 heterocycles. The predicted octanol–water partition coefficient (Wildman–Crippen LogP) is 1.99. The zero-order chi connectivity index (χ0) is 13.2. The smallest absolute Gasteiger partial charge is 0.306 e. The minimum Gasteiger partial charge on any atom is -0.481 e. The van der Waals surface area contributed by atoms with E-state index in [1.54, 1.807) is 0 Å². The number of piperidine rings is 1. The maximum atomic E-state index is 11.3. The molecule has 2 aliphatic rings. The third-order valence-electron chi connectivity index (χ3n) is 4.62. The Labute approximate surface area is 109 Å². The standard InChI is InChI=1S/C14H25NO3/c1-3-4-12(13(16)17)11-9-14(18-10-11)5-7-15(2)8-6-14/h11-12H,3-10H2,1-2H3,(H,16,17). The van der Waals surface area contributed by atoms with Crippen molar-refractivity contribution < 1.29 is 14.6 Å². The van der Waals surface area contributed by atoms with Gasteiger partial charge in [-0.1, -0.05) is 13.3 Å². The van der Waals surface area contributed by atoms with Crippen molar-refractivity contribution in [1.29, 1.82) is 0 Å². The molecule has 2 atom stereocenters. The van der Waals surface area contributed by atoms with Crippen molar-refractivity contribution in [3.8, 4) is 0 Å². The number of aliphatic carboxylic acids is 1. The zero-order valence-electron chi connectivity index (χ0n) is 11.5. The summed E-state index contributed by atoms with van der Waals surface area (Å²) >= 11 is 0. The monoisotopic (exact) mass is 255 g/mol. The Morgan fingerprint density at radius 3 is 2.72 bits per heavy atom. The number of carbonyl (C=O) groups is 1. The number of carboxylic acid groups (broad SMARTS) is 1. The van der Waals surface area contributed by atoms with Gasteiger partial charge in [-0.05, 0) is 38.6 Å². The number of ether oxygens (including phenoxy) is 1.